The largest absolute Gasteiger partial charge is 0.481 e. The van der Waals surface area contributed by atoms with Gasteiger partial charge < -0.3 is 15.9 Å². The van der Waals surface area contributed by atoms with Gasteiger partial charge in [-0.05, 0) is 0 Å². The van der Waals surface area contributed by atoms with E-state index in [1.54, 1.807) is 6.92 Å². The lowest BCUT2D eigenvalue weighted by Gasteiger charge is -2.22. The van der Waals surface area contributed by atoms with Gasteiger partial charge >= 0.3 is 5.97 Å². The van der Waals surface area contributed by atoms with Gasteiger partial charge in [-0.3, -0.25) is 4.79 Å². The molecule has 0 aliphatic carbocycles. The maximum Gasteiger partial charge on any atom is 0.304 e. The Morgan fingerprint density at radius 1 is 1.70 bits per heavy atom. The molecule has 0 heterocycles. The second-order valence-electron chi connectivity index (χ2n) is 2.74. The molecule has 0 saturated carbocycles. The summed E-state index contributed by atoms with van der Waals surface area (Å²) in [6.45, 7) is 1.65. The summed E-state index contributed by atoms with van der Waals surface area (Å²) in [7, 11) is 0. The van der Waals surface area contributed by atoms with Crippen LogP contribution in [0.5, 0.6) is 0 Å². The van der Waals surface area contributed by atoms with E-state index < -0.39 is 11.4 Å². The smallest absolute Gasteiger partial charge is 0.304 e. The lowest BCUT2D eigenvalue weighted by Crippen LogP contribution is -2.33. The van der Waals surface area contributed by atoms with Gasteiger partial charge in [0.15, 0.2) is 0 Å². The Hall–Kier alpha value is -0.610. The van der Waals surface area contributed by atoms with Crippen molar-refractivity contribution in [1.29, 1.82) is 0 Å². The van der Waals surface area contributed by atoms with Crippen LogP contribution in [-0.4, -0.2) is 29.3 Å². The van der Waals surface area contributed by atoms with Crippen LogP contribution in [0, 0.1) is 5.41 Å². The minimum Gasteiger partial charge on any atom is -0.481 e. The van der Waals surface area contributed by atoms with Crippen LogP contribution in [0.15, 0.2) is 0 Å². The molecule has 0 saturated heterocycles. The summed E-state index contributed by atoms with van der Waals surface area (Å²) in [5.41, 5.74) is 4.58. The zero-order valence-electron chi connectivity index (χ0n) is 6.00. The van der Waals surface area contributed by atoms with E-state index in [1.165, 1.54) is 0 Å². The van der Waals surface area contributed by atoms with Gasteiger partial charge in [0.2, 0.25) is 0 Å². The van der Waals surface area contributed by atoms with Gasteiger partial charge in [0.05, 0.1) is 13.0 Å². The maximum absolute atomic E-state index is 10.2. The first-order chi connectivity index (χ1) is 4.54. The van der Waals surface area contributed by atoms with Crippen LogP contribution >= 0.6 is 0 Å². The van der Waals surface area contributed by atoms with Crippen molar-refractivity contribution in [2.45, 2.75) is 13.3 Å². The molecule has 0 aromatic heterocycles. The molecule has 0 rings (SSSR count). The third-order valence-electron chi connectivity index (χ3n) is 1.45. The van der Waals surface area contributed by atoms with Crippen LogP contribution in [0.2, 0.25) is 0 Å². The number of rotatable bonds is 4. The molecule has 0 aliphatic rings. The van der Waals surface area contributed by atoms with Gasteiger partial charge in [-0.25, -0.2) is 0 Å². The fourth-order valence-corrected chi connectivity index (χ4v) is 0.558. The topological polar surface area (TPSA) is 83.5 Å². The van der Waals surface area contributed by atoms with E-state index in [4.69, 9.17) is 15.9 Å². The van der Waals surface area contributed by atoms with Crippen LogP contribution in [0.25, 0.3) is 0 Å². The lowest BCUT2D eigenvalue weighted by atomic mass is 9.88. The van der Waals surface area contributed by atoms with E-state index in [-0.39, 0.29) is 19.6 Å². The van der Waals surface area contributed by atoms with E-state index in [1.807, 2.05) is 0 Å². The third kappa shape index (κ3) is 2.80. The molecule has 0 aromatic carbocycles. The molecule has 0 radical (unpaired) electrons. The number of aliphatic hydroxyl groups excluding tert-OH is 1. The van der Waals surface area contributed by atoms with Crippen molar-refractivity contribution in [3.05, 3.63) is 0 Å². The molecule has 0 bridgehead atoms. The van der Waals surface area contributed by atoms with Crippen LogP contribution in [0.3, 0.4) is 0 Å². The van der Waals surface area contributed by atoms with E-state index in [0.717, 1.165) is 0 Å². The monoisotopic (exact) mass is 147 g/mol. The molecule has 1 atom stereocenters. The normalized spacial score (nSPS) is 16.3. The number of carbonyl (C=O) groups is 1. The average Bonchev–Trinajstić information content (AvgIpc) is 1.87. The minimum atomic E-state index is -0.929. The van der Waals surface area contributed by atoms with Crippen molar-refractivity contribution in [2.75, 3.05) is 13.2 Å². The SMILES string of the molecule is C[C@@](CN)(CO)CC(=O)O. The summed E-state index contributed by atoms with van der Waals surface area (Å²) in [5, 5.41) is 17.0. The van der Waals surface area contributed by atoms with E-state index in [2.05, 4.69) is 0 Å². The first-order valence-electron chi connectivity index (χ1n) is 3.07. The molecular formula is C6H13NO3. The molecule has 10 heavy (non-hydrogen) atoms. The van der Waals surface area contributed by atoms with Gasteiger partial charge in [-0.1, -0.05) is 6.92 Å². The van der Waals surface area contributed by atoms with Crippen molar-refractivity contribution in [3.63, 3.8) is 0 Å². The molecule has 0 aliphatic heterocycles. The zero-order chi connectivity index (χ0) is 8.20. The first-order valence-corrected chi connectivity index (χ1v) is 3.07. The van der Waals surface area contributed by atoms with Gasteiger partial charge in [-0.2, -0.15) is 0 Å². The Labute approximate surface area is 59.7 Å². The lowest BCUT2D eigenvalue weighted by molar-refractivity contribution is -0.140. The number of carboxylic acids is 1. The predicted octanol–water partition coefficient (Wildman–Crippen LogP) is -0.582. The Balaban J connectivity index is 3.92. The van der Waals surface area contributed by atoms with E-state index >= 15 is 0 Å². The fourth-order valence-electron chi connectivity index (χ4n) is 0.558. The van der Waals surface area contributed by atoms with Crippen molar-refractivity contribution >= 4 is 5.97 Å². The Bertz CT molecular complexity index is 120. The first kappa shape index (κ1) is 9.39. The number of carboxylic acid groups (broad SMARTS) is 1. The minimum absolute atomic E-state index is 0.0833. The molecule has 0 fully saturated rings. The summed E-state index contributed by atoms with van der Waals surface area (Å²) in [6.07, 6.45) is -0.0833. The highest BCUT2D eigenvalue weighted by Gasteiger charge is 2.24. The van der Waals surface area contributed by atoms with Crippen molar-refractivity contribution < 1.29 is 15.0 Å². The number of aliphatic carboxylic acids is 1. The summed E-state index contributed by atoms with van der Waals surface area (Å²) in [4.78, 5) is 10.2. The second kappa shape index (κ2) is 3.53. The summed E-state index contributed by atoms with van der Waals surface area (Å²) >= 11 is 0. The maximum atomic E-state index is 10.2. The van der Waals surface area contributed by atoms with Gasteiger partial charge in [0.1, 0.15) is 0 Å². The van der Waals surface area contributed by atoms with E-state index in [0.29, 0.717) is 0 Å². The molecule has 0 amide bonds. The number of hydrogen-bond acceptors (Lipinski definition) is 3. The molecule has 4 N–H and O–H groups in total. The van der Waals surface area contributed by atoms with Crippen LogP contribution in [0.1, 0.15) is 13.3 Å². The summed E-state index contributed by atoms with van der Waals surface area (Å²) in [5.74, 6) is -0.929. The molecule has 0 aromatic rings. The van der Waals surface area contributed by atoms with Gasteiger partial charge in [-0.15, -0.1) is 0 Å². The van der Waals surface area contributed by atoms with Crippen LogP contribution in [0.4, 0.5) is 0 Å². The van der Waals surface area contributed by atoms with Crippen molar-refractivity contribution in [3.8, 4) is 0 Å². The van der Waals surface area contributed by atoms with E-state index in [9.17, 15) is 4.79 Å². The van der Waals surface area contributed by atoms with Crippen LogP contribution < -0.4 is 5.73 Å². The van der Waals surface area contributed by atoms with Gasteiger partial charge in [0, 0.05) is 12.0 Å². The second-order valence-corrected chi connectivity index (χ2v) is 2.74. The Morgan fingerprint density at radius 2 is 2.20 bits per heavy atom. The summed E-state index contributed by atoms with van der Waals surface area (Å²) < 4.78 is 0. The van der Waals surface area contributed by atoms with Crippen molar-refractivity contribution in [2.24, 2.45) is 11.1 Å². The zero-order valence-corrected chi connectivity index (χ0v) is 6.00. The highest BCUT2D eigenvalue weighted by atomic mass is 16.4. The molecular weight excluding hydrogens is 134 g/mol. The molecule has 4 heteroatoms. The Kier molecular flexibility index (Phi) is 3.32. The quantitative estimate of drug-likeness (QED) is 0.496. The van der Waals surface area contributed by atoms with Gasteiger partial charge in [0.25, 0.3) is 0 Å². The molecule has 0 unspecified atom stereocenters. The number of aliphatic hydroxyl groups is 1. The number of nitrogens with two attached hydrogens (primary N) is 1. The third-order valence-corrected chi connectivity index (χ3v) is 1.45. The predicted molar refractivity (Wildman–Crippen MR) is 36.5 cm³/mol. The molecule has 4 nitrogen and oxygen atoms in total. The standard InChI is InChI=1S/C6H13NO3/c1-6(3-7,4-8)2-5(9)10/h8H,2-4,7H2,1H3,(H,9,10)/t6-/m1/s1. The highest BCUT2D eigenvalue weighted by molar-refractivity contribution is 5.67. The van der Waals surface area contributed by atoms with Crippen molar-refractivity contribution in [1.82, 2.24) is 0 Å². The highest BCUT2D eigenvalue weighted by Crippen LogP contribution is 2.17. The molecule has 60 valence electrons. The van der Waals surface area contributed by atoms with Crippen LogP contribution in [-0.2, 0) is 4.79 Å². The Morgan fingerprint density at radius 3 is 2.30 bits per heavy atom. The average molecular weight is 147 g/mol. The molecule has 0 spiro atoms. The number of hydrogen-bond donors (Lipinski definition) is 3. The fraction of sp³-hybridized carbons (Fsp3) is 0.833. The summed E-state index contributed by atoms with van der Waals surface area (Å²) in [6, 6.07) is 0.